The Morgan fingerprint density at radius 2 is 1.45 bits per heavy atom. The summed E-state index contributed by atoms with van der Waals surface area (Å²) in [5, 5.41) is 12.3. The van der Waals surface area contributed by atoms with Crippen molar-refractivity contribution in [2.24, 2.45) is 0 Å². The summed E-state index contributed by atoms with van der Waals surface area (Å²) < 4.78 is 0. The van der Waals surface area contributed by atoms with E-state index in [1.807, 2.05) is 48.5 Å². The number of amides is 1. The summed E-state index contributed by atoms with van der Waals surface area (Å²) in [7, 11) is 0. The van der Waals surface area contributed by atoms with Gasteiger partial charge in [-0.2, -0.15) is 0 Å². The third-order valence-corrected chi connectivity index (χ3v) is 4.87. The molecule has 0 saturated carbocycles. The molecule has 1 amide bonds. The minimum atomic E-state index is -0.941. The first kappa shape index (κ1) is 20.3. The smallest absolute Gasteiger partial charge is 0.336 e. The lowest BCUT2D eigenvalue weighted by Gasteiger charge is -2.09. The number of carboxylic acid groups (broad SMARTS) is 1. The standard InChI is InChI=1S/C25H25NO3/c27-24(13-7-4-10-19-8-2-1-3-9-19)26-18-20-14-16-21(17-15-20)22-11-5-6-12-23(22)25(28)29/h1-3,5-6,8-9,11-12,14-17H,4,7,10,13,18H2,(H,26,27)(H,28,29). The summed E-state index contributed by atoms with van der Waals surface area (Å²) >= 11 is 0. The van der Waals surface area contributed by atoms with E-state index >= 15 is 0 Å². The molecule has 29 heavy (non-hydrogen) atoms. The van der Waals surface area contributed by atoms with Crippen molar-refractivity contribution in [3.63, 3.8) is 0 Å². The molecule has 0 aliphatic carbocycles. The quantitative estimate of drug-likeness (QED) is 0.503. The normalized spacial score (nSPS) is 10.5. The number of carbonyl (C=O) groups excluding carboxylic acids is 1. The van der Waals surface area contributed by atoms with Crippen LogP contribution in [-0.4, -0.2) is 17.0 Å². The number of aryl methyl sites for hydroxylation is 1. The Morgan fingerprint density at radius 1 is 0.759 bits per heavy atom. The molecule has 0 aromatic heterocycles. The molecule has 4 heteroatoms. The van der Waals surface area contributed by atoms with Crippen LogP contribution in [0.2, 0.25) is 0 Å². The van der Waals surface area contributed by atoms with Gasteiger partial charge in [0.2, 0.25) is 5.91 Å². The maximum Gasteiger partial charge on any atom is 0.336 e. The van der Waals surface area contributed by atoms with Crippen LogP contribution in [0.5, 0.6) is 0 Å². The van der Waals surface area contributed by atoms with Crippen LogP contribution in [0.1, 0.15) is 40.7 Å². The molecular weight excluding hydrogens is 362 g/mol. The van der Waals surface area contributed by atoms with Gasteiger partial charge < -0.3 is 10.4 Å². The molecule has 3 aromatic carbocycles. The van der Waals surface area contributed by atoms with E-state index in [1.165, 1.54) is 5.56 Å². The topological polar surface area (TPSA) is 66.4 Å². The maximum absolute atomic E-state index is 12.1. The van der Waals surface area contributed by atoms with E-state index in [9.17, 15) is 14.7 Å². The van der Waals surface area contributed by atoms with E-state index in [1.54, 1.807) is 18.2 Å². The molecule has 148 valence electrons. The van der Waals surface area contributed by atoms with Crippen molar-refractivity contribution < 1.29 is 14.7 Å². The Bertz CT molecular complexity index is 949. The number of hydrogen-bond acceptors (Lipinski definition) is 2. The van der Waals surface area contributed by atoms with E-state index in [-0.39, 0.29) is 11.5 Å². The van der Waals surface area contributed by atoms with Gasteiger partial charge >= 0.3 is 5.97 Å². The monoisotopic (exact) mass is 387 g/mol. The van der Waals surface area contributed by atoms with Crippen molar-refractivity contribution in [1.82, 2.24) is 5.32 Å². The molecule has 0 radical (unpaired) electrons. The first-order valence-corrected chi connectivity index (χ1v) is 9.86. The van der Waals surface area contributed by atoms with Crippen LogP contribution in [0.4, 0.5) is 0 Å². The van der Waals surface area contributed by atoms with E-state index in [0.717, 1.165) is 30.4 Å². The van der Waals surface area contributed by atoms with Crippen molar-refractivity contribution in [2.45, 2.75) is 32.2 Å². The molecule has 3 aromatic rings. The van der Waals surface area contributed by atoms with E-state index in [4.69, 9.17) is 0 Å². The SMILES string of the molecule is O=C(CCCCc1ccccc1)NCc1ccc(-c2ccccc2C(=O)O)cc1. The Balaban J connectivity index is 1.45. The van der Waals surface area contributed by atoms with Crippen molar-refractivity contribution >= 4 is 11.9 Å². The van der Waals surface area contributed by atoms with Gasteiger partial charge in [-0.3, -0.25) is 4.79 Å². The van der Waals surface area contributed by atoms with Crippen LogP contribution in [0.15, 0.2) is 78.9 Å². The van der Waals surface area contributed by atoms with Crippen molar-refractivity contribution in [3.05, 3.63) is 95.6 Å². The lowest BCUT2D eigenvalue weighted by Crippen LogP contribution is -2.22. The van der Waals surface area contributed by atoms with Gasteiger partial charge in [0.25, 0.3) is 0 Å². The lowest BCUT2D eigenvalue weighted by atomic mass is 9.99. The average Bonchev–Trinajstić information content (AvgIpc) is 2.76. The number of carbonyl (C=O) groups is 2. The van der Waals surface area contributed by atoms with Crippen LogP contribution in [0.3, 0.4) is 0 Å². The van der Waals surface area contributed by atoms with E-state index in [0.29, 0.717) is 18.5 Å². The number of nitrogens with one attached hydrogen (secondary N) is 1. The fourth-order valence-electron chi connectivity index (χ4n) is 3.27. The fourth-order valence-corrected chi connectivity index (χ4v) is 3.27. The molecule has 0 aliphatic rings. The molecule has 3 rings (SSSR count). The van der Waals surface area contributed by atoms with Gasteiger partial charge in [0, 0.05) is 13.0 Å². The highest BCUT2D eigenvalue weighted by molar-refractivity contribution is 5.96. The highest BCUT2D eigenvalue weighted by atomic mass is 16.4. The van der Waals surface area contributed by atoms with Gasteiger partial charge in [0.1, 0.15) is 0 Å². The number of hydrogen-bond donors (Lipinski definition) is 2. The van der Waals surface area contributed by atoms with Crippen molar-refractivity contribution in [3.8, 4) is 11.1 Å². The first-order chi connectivity index (χ1) is 14.1. The second kappa shape index (κ2) is 10.2. The highest BCUT2D eigenvalue weighted by Crippen LogP contribution is 2.24. The molecule has 0 unspecified atom stereocenters. The minimum Gasteiger partial charge on any atom is -0.478 e. The van der Waals surface area contributed by atoms with E-state index in [2.05, 4.69) is 17.4 Å². The van der Waals surface area contributed by atoms with Crippen molar-refractivity contribution in [1.29, 1.82) is 0 Å². The molecule has 0 atom stereocenters. The Hall–Kier alpha value is -3.40. The summed E-state index contributed by atoms with van der Waals surface area (Å²) in [4.78, 5) is 23.4. The van der Waals surface area contributed by atoms with Crippen LogP contribution in [0, 0.1) is 0 Å². The lowest BCUT2D eigenvalue weighted by molar-refractivity contribution is -0.121. The molecular formula is C25H25NO3. The number of carboxylic acids is 1. The summed E-state index contributed by atoms with van der Waals surface area (Å²) in [6, 6.07) is 24.9. The van der Waals surface area contributed by atoms with Crippen LogP contribution in [0.25, 0.3) is 11.1 Å². The van der Waals surface area contributed by atoms with E-state index < -0.39 is 5.97 Å². The van der Waals surface area contributed by atoms with Gasteiger partial charge in [-0.1, -0.05) is 72.8 Å². The average molecular weight is 387 g/mol. The summed E-state index contributed by atoms with van der Waals surface area (Å²) in [5.41, 5.74) is 4.11. The number of benzene rings is 3. The zero-order chi connectivity index (χ0) is 20.5. The second-order valence-electron chi connectivity index (χ2n) is 7.02. The molecule has 0 heterocycles. The third-order valence-electron chi connectivity index (χ3n) is 4.87. The zero-order valence-corrected chi connectivity index (χ0v) is 16.3. The molecule has 0 spiro atoms. The molecule has 0 saturated heterocycles. The minimum absolute atomic E-state index is 0.0540. The molecule has 4 nitrogen and oxygen atoms in total. The maximum atomic E-state index is 12.1. The molecule has 0 fully saturated rings. The van der Waals surface area contributed by atoms with Gasteiger partial charge in [-0.25, -0.2) is 4.79 Å². The van der Waals surface area contributed by atoms with Crippen LogP contribution < -0.4 is 5.32 Å². The highest BCUT2D eigenvalue weighted by Gasteiger charge is 2.10. The predicted octanol–water partition coefficient (Wildman–Crippen LogP) is 5.08. The Labute approximate surface area is 171 Å². The zero-order valence-electron chi connectivity index (χ0n) is 16.3. The Kier molecular flexibility index (Phi) is 7.17. The Morgan fingerprint density at radius 3 is 2.17 bits per heavy atom. The summed E-state index contributed by atoms with van der Waals surface area (Å²) in [5.74, 6) is -0.887. The van der Waals surface area contributed by atoms with Crippen molar-refractivity contribution in [2.75, 3.05) is 0 Å². The van der Waals surface area contributed by atoms with Gasteiger partial charge in [-0.05, 0) is 47.6 Å². The predicted molar refractivity (Wildman–Crippen MR) is 115 cm³/mol. The summed E-state index contributed by atoms with van der Waals surface area (Å²) in [6.07, 6.45) is 3.38. The van der Waals surface area contributed by atoms with Crippen LogP contribution >= 0.6 is 0 Å². The van der Waals surface area contributed by atoms with Gasteiger partial charge in [0.05, 0.1) is 5.56 Å². The molecule has 2 N–H and O–H groups in total. The number of aromatic carboxylic acids is 1. The third kappa shape index (κ3) is 6.04. The largest absolute Gasteiger partial charge is 0.478 e. The fraction of sp³-hybridized carbons (Fsp3) is 0.200. The number of rotatable bonds is 9. The summed E-state index contributed by atoms with van der Waals surface area (Å²) in [6.45, 7) is 0.471. The van der Waals surface area contributed by atoms with Crippen LogP contribution in [-0.2, 0) is 17.8 Å². The molecule has 0 bridgehead atoms. The second-order valence-corrected chi connectivity index (χ2v) is 7.02. The number of unbranched alkanes of at least 4 members (excludes halogenated alkanes) is 1. The van der Waals surface area contributed by atoms with Gasteiger partial charge in [-0.15, -0.1) is 0 Å². The molecule has 0 aliphatic heterocycles. The van der Waals surface area contributed by atoms with Gasteiger partial charge in [0.15, 0.2) is 0 Å². The first-order valence-electron chi connectivity index (χ1n) is 9.86.